The molecule has 1 N–H and O–H groups in total. The molecule has 0 spiro atoms. The summed E-state index contributed by atoms with van der Waals surface area (Å²) in [6.07, 6.45) is 1.52. The first kappa shape index (κ1) is 21.3. The molecule has 1 aromatic heterocycles. The van der Waals surface area contributed by atoms with Crippen molar-refractivity contribution in [3.05, 3.63) is 59.2 Å². The highest BCUT2D eigenvalue weighted by Gasteiger charge is 2.17. The minimum atomic E-state index is -0.299. The predicted molar refractivity (Wildman–Crippen MR) is 115 cm³/mol. The lowest BCUT2D eigenvalue weighted by Gasteiger charge is -2.15. The average molecular weight is 429 g/mol. The zero-order valence-corrected chi connectivity index (χ0v) is 17.7. The van der Waals surface area contributed by atoms with Crippen LogP contribution < -0.4 is 24.3 Å². The van der Waals surface area contributed by atoms with E-state index in [0.29, 0.717) is 45.0 Å². The maximum atomic E-state index is 12.7. The summed E-state index contributed by atoms with van der Waals surface area (Å²) in [5.74, 6) is 1.61. The molecule has 3 rings (SSSR count). The molecule has 8 heteroatoms. The SMILES string of the molecule is COc1ccc(NC(=O)c2ccc(Cl)c(-c3cc(OC)c(OC)c(OC)c3)c2)cn1. The van der Waals surface area contributed by atoms with E-state index in [0.717, 1.165) is 5.56 Å². The molecule has 1 heterocycles. The Hall–Kier alpha value is -3.45. The third kappa shape index (κ3) is 4.41. The summed E-state index contributed by atoms with van der Waals surface area (Å²) in [6, 6.07) is 11.9. The normalized spacial score (nSPS) is 10.3. The Kier molecular flexibility index (Phi) is 6.64. The molecule has 30 heavy (non-hydrogen) atoms. The molecule has 0 atom stereocenters. The molecule has 0 unspecified atom stereocenters. The molecule has 0 fully saturated rings. The van der Waals surface area contributed by atoms with Crippen molar-refractivity contribution < 1.29 is 23.7 Å². The molecule has 7 nitrogen and oxygen atoms in total. The fraction of sp³-hybridized carbons (Fsp3) is 0.182. The Morgan fingerprint density at radius 2 is 1.60 bits per heavy atom. The van der Waals surface area contributed by atoms with Gasteiger partial charge < -0.3 is 24.3 Å². The standard InChI is InChI=1S/C22H21ClN2O5/c1-27-18-10-14(11-19(28-2)21(18)30-4)16-9-13(5-7-17(16)23)22(26)25-15-6-8-20(29-3)24-12-15/h5-12H,1-4H3,(H,25,26). The highest BCUT2D eigenvalue weighted by Crippen LogP contribution is 2.42. The Bertz CT molecular complexity index is 1030. The van der Waals surface area contributed by atoms with E-state index in [4.69, 9.17) is 30.5 Å². The fourth-order valence-electron chi connectivity index (χ4n) is 2.90. The van der Waals surface area contributed by atoms with Crippen LogP contribution in [0.15, 0.2) is 48.7 Å². The van der Waals surface area contributed by atoms with Crippen molar-refractivity contribution in [1.29, 1.82) is 0 Å². The van der Waals surface area contributed by atoms with Crippen molar-refractivity contribution in [1.82, 2.24) is 4.98 Å². The van der Waals surface area contributed by atoms with Crippen LogP contribution >= 0.6 is 11.6 Å². The van der Waals surface area contributed by atoms with E-state index < -0.39 is 0 Å². The summed E-state index contributed by atoms with van der Waals surface area (Å²) >= 11 is 6.43. The minimum absolute atomic E-state index is 0.299. The van der Waals surface area contributed by atoms with Crippen LogP contribution in [0.4, 0.5) is 5.69 Å². The van der Waals surface area contributed by atoms with Gasteiger partial charge in [0.15, 0.2) is 11.5 Å². The number of carbonyl (C=O) groups is 1. The topological polar surface area (TPSA) is 78.9 Å². The molecule has 0 saturated carbocycles. The highest BCUT2D eigenvalue weighted by atomic mass is 35.5. The number of nitrogens with one attached hydrogen (secondary N) is 1. The van der Waals surface area contributed by atoms with Gasteiger partial charge in [0.05, 0.1) is 40.3 Å². The number of hydrogen-bond acceptors (Lipinski definition) is 6. The molecule has 2 aromatic carbocycles. The molecule has 0 aliphatic heterocycles. The zero-order valence-electron chi connectivity index (χ0n) is 17.0. The molecule has 0 radical (unpaired) electrons. The van der Waals surface area contributed by atoms with Crippen LogP contribution in [0.2, 0.25) is 5.02 Å². The summed E-state index contributed by atoms with van der Waals surface area (Å²) in [6.45, 7) is 0. The Morgan fingerprint density at radius 3 is 2.13 bits per heavy atom. The third-order valence-electron chi connectivity index (χ3n) is 4.41. The monoisotopic (exact) mass is 428 g/mol. The van der Waals surface area contributed by atoms with Crippen molar-refractivity contribution in [2.24, 2.45) is 0 Å². The van der Waals surface area contributed by atoms with Crippen LogP contribution in [-0.2, 0) is 0 Å². The molecule has 0 aliphatic carbocycles. The summed E-state index contributed by atoms with van der Waals surface area (Å²) in [5, 5.41) is 3.28. The Morgan fingerprint density at radius 1 is 0.900 bits per heavy atom. The van der Waals surface area contributed by atoms with Gasteiger partial charge in [0, 0.05) is 22.2 Å². The first-order chi connectivity index (χ1) is 14.5. The summed E-state index contributed by atoms with van der Waals surface area (Å²) in [5.41, 5.74) is 2.34. The maximum absolute atomic E-state index is 12.7. The first-order valence-electron chi connectivity index (χ1n) is 8.92. The van der Waals surface area contributed by atoms with Gasteiger partial charge in [-0.1, -0.05) is 11.6 Å². The van der Waals surface area contributed by atoms with Gasteiger partial charge in [0.1, 0.15) is 0 Å². The van der Waals surface area contributed by atoms with Gasteiger partial charge in [0.2, 0.25) is 11.6 Å². The van der Waals surface area contributed by atoms with E-state index in [9.17, 15) is 4.79 Å². The molecular formula is C22H21ClN2O5. The van der Waals surface area contributed by atoms with Crippen LogP contribution in [0, 0.1) is 0 Å². The molecular weight excluding hydrogens is 408 g/mol. The lowest BCUT2D eigenvalue weighted by Crippen LogP contribution is -2.12. The van der Waals surface area contributed by atoms with Gasteiger partial charge in [-0.25, -0.2) is 4.98 Å². The number of nitrogens with zero attached hydrogens (tertiary/aromatic N) is 1. The number of carbonyl (C=O) groups excluding carboxylic acids is 1. The summed E-state index contributed by atoms with van der Waals surface area (Å²) < 4.78 is 21.2. The third-order valence-corrected chi connectivity index (χ3v) is 4.74. The second-order valence-electron chi connectivity index (χ2n) is 6.15. The number of halogens is 1. The quantitative estimate of drug-likeness (QED) is 0.588. The van der Waals surface area contributed by atoms with Gasteiger partial charge in [-0.2, -0.15) is 0 Å². The van der Waals surface area contributed by atoms with Gasteiger partial charge in [-0.05, 0) is 42.0 Å². The van der Waals surface area contributed by atoms with E-state index in [1.165, 1.54) is 34.6 Å². The predicted octanol–water partition coefficient (Wildman–Crippen LogP) is 4.69. The van der Waals surface area contributed by atoms with Crippen molar-refractivity contribution in [3.63, 3.8) is 0 Å². The molecule has 0 aliphatic rings. The number of aromatic nitrogens is 1. The van der Waals surface area contributed by atoms with Crippen LogP contribution in [0.1, 0.15) is 10.4 Å². The van der Waals surface area contributed by atoms with Crippen LogP contribution in [0.5, 0.6) is 23.1 Å². The number of benzene rings is 2. The van der Waals surface area contributed by atoms with E-state index in [-0.39, 0.29) is 5.91 Å². The van der Waals surface area contributed by atoms with Gasteiger partial charge >= 0.3 is 0 Å². The Balaban J connectivity index is 1.96. The van der Waals surface area contributed by atoms with Crippen LogP contribution in [0.3, 0.4) is 0 Å². The van der Waals surface area contributed by atoms with Crippen LogP contribution in [0.25, 0.3) is 11.1 Å². The number of methoxy groups -OCH3 is 4. The lowest BCUT2D eigenvalue weighted by atomic mass is 10.0. The minimum Gasteiger partial charge on any atom is -0.493 e. The van der Waals surface area contributed by atoms with Gasteiger partial charge in [-0.3, -0.25) is 4.79 Å². The second-order valence-corrected chi connectivity index (χ2v) is 6.56. The highest BCUT2D eigenvalue weighted by molar-refractivity contribution is 6.33. The van der Waals surface area contributed by atoms with Crippen molar-refractivity contribution in [3.8, 4) is 34.3 Å². The van der Waals surface area contributed by atoms with E-state index in [1.807, 2.05) is 0 Å². The maximum Gasteiger partial charge on any atom is 0.255 e. The largest absolute Gasteiger partial charge is 0.493 e. The number of pyridine rings is 1. The molecule has 1 amide bonds. The number of anilines is 1. The zero-order chi connectivity index (χ0) is 21.7. The average Bonchev–Trinajstić information content (AvgIpc) is 2.78. The number of amides is 1. The van der Waals surface area contributed by atoms with E-state index >= 15 is 0 Å². The van der Waals surface area contributed by atoms with E-state index in [1.54, 1.807) is 42.5 Å². The summed E-state index contributed by atoms with van der Waals surface area (Å²) in [4.78, 5) is 16.8. The van der Waals surface area contributed by atoms with Crippen molar-refractivity contribution in [2.45, 2.75) is 0 Å². The number of rotatable bonds is 7. The molecule has 3 aromatic rings. The molecule has 0 bridgehead atoms. The number of hydrogen-bond donors (Lipinski definition) is 1. The number of ether oxygens (including phenoxy) is 4. The van der Waals surface area contributed by atoms with Gasteiger partial charge in [-0.15, -0.1) is 0 Å². The second kappa shape index (κ2) is 9.37. The van der Waals surface area contributed by atoms with Crippen LogP contribution in [-0.4, -0.2) is 39.3 Å². The first-order valence-corrected chi connectivity index (χ1v) is 9.29. The fourth-order valence-corrected chi connectivity index (χ4v) is 3.13. The smallest absolute Gasteiger partial charge is 0.255 e. The van der Waals surface area contributed by atoms with Crippen molar-refractivity contribution in [2.75, 3.05) is 33.8 Å². The molecule has 156 valence electrons. The van der Waals surface area contributed by atoms with Crippen molar-refractivity contribution >= 4 is 23.2 Å². The lowest BCUT2D eigenvalue weighted by molar-refractivity contribution is 0.102. The molecule has 0 saturated heterocycles. The Labute approximate surface area is 179 Å². The summed E-state index contributed by atoms with van der Waals surface area (Å²) in [7, 11) is 6.13. The van der Waals surface area contributed by atoms with Gasteiger partial charge in [0.25, 0.3) is 5.91 Å². The van der Waals surface area contributed by atoms with E-state index in [2.05, 4.69) is 10.3 Å².